The molecule has 124 valence electrons. The van der Waals surface area contributed by atoms with Crippen molar-refractivity contribution < 1.29 is 4.79 Å². The number of carbonyl (C=O) groups is 1. The average Bonchev–Trinajstić information content (AvgIpc) is 2.73. The summed E-state index contributed by atoms with van der Waals surface area (Å²) in [5.41, 5.74) is 3.17. The van der Waals surface area contributed by atoms with Crippen LogP contribution in [-0.4, -0.2) is 26.5 Å². The summed E-state index contributed by atoms with van der Waals surface area (Å²) in [6.07, 6.45) is 6.41. The molecular weight excluding hydrogens is 288 g/mol. The Kier molecular flexibility index (Phi) is 4.64. The van der Waals surface area contributed by atoms with Crippen LogP contribution < -0.4 is 5.32 Å². The number of carbonyl (C=O) groups excluding carboxylic acids is 1. The monoisotopic (exact) mass is 314 g/mol. The summed E-state index contributed by atoms with van der Waals surface area (Å²) in [5, 5.41) is 3.13. The number of hydrogen-bond donors (Lipinski definition) is 1. The summed E-state index contributed by atoms with van der Waals surface area (Å²) < 4.78 is 2.21. The zero-order valence-electron chi connectivity index (χ0n) is 14.4. The normalized spacial score (nSPS) is 14.8. The van der Waals surface area contributed by atoms with E-state index >= 15 is 0 Å². The fourth-order valence-corrected chi connectivity index (χ4v) is 3.34. The summed E-state index contributed by atoms with van der Waals surface area (Å²) in [7, 11) is 0. The lowest BCUT2D eigenvalue weighted by molar-refractivity contribution is 0.0936. The van der Waals surface area contributed by atoms with Gasteiger partial charge in [-0.1, -0.05) is 20.3 Å². The maximum Gasteiger partial charge on any atom is 0.253 e. The first-order chi connectivity index (χ1) is 11.1. The van der Waals surface area contributed by atoms with Crippen molar-refractivity contribution in [2.75, 3.05) is 0 Å². The standard InChI is InChI=1S/C18H26N4O/c1-4-13(5-2)20-18(23)14-11-12(3)19-17-16(14)21-15-9-7-6-8-10-22(15)17/h11,13H,4-10H2,1-3H3,(H,20,23). The van der Waals surface area contributed by atoms with Crippen molar-refractivity contribution in [3.05, 3.63) is 23.1 Å². The number of nitrogens with zero attached hydrogens (tertiary/aromatic N) is 3. The van der Waals surface area contributed by atoms with Gasteiger partial charge in [0.15, 0.2) is 5.65 Å². The zero-order valence-corrected chi connectivity index (χ0v) is 14.4. The highest BCUT2D eigenvalue weighted by Crippen LogP contribution is 2.24. The van der Waals surface area contributed by atoms with Crippen LogP contribution in [0.2, 0.25) is 0 Å². The molecule has 0 aromatic carbocycles. The summed E-state index contributed by atoms with van der Waals surface area (Å²) >= 11 is 0. The first-order valence-electron chi connectivity index (χ1n) is 8.81. The molecule has 2 aromatic heterocycles. The second-order valence-electron chi connectivity index (χ2n) is 6.46. The van der Waals surface area contributed by atoms with E-state index in [9.17, 15) is 4.79 Å². The van der Waals surface area contributed by atoms with Crippen molar-refractivity contribution in [1.29, 1.82) is 0 Å². The Morgan fingerprint density at radius 2 is 2.04 bits per heavy atom. The van der Waals surface area contributed by atoms with Gasteiger partial charge in [0.25, 0.3) is 5.91 Å². The third kappa shape index (κ3) is 3.09. The van der Waals surface area contributed by atoms with Crippen LogP contribution in [0.5, 0.6) is 0 Å². The number of hydrogen-bond acceptors (Lipinski definition) is 3. The minimum Gasteiger partial charge on any atom is -0.349 e. The highest BCUT2D eigenvalue weighted by atomic mass is 16.1. The van der Waals surface area contributed by atoms with Crippen LogP contribution in [0.25, 0.3) is 11.2 Å². The number of pyridine rings is 1. The van der Waals surface area contributed by atoms with Gasteiger partial charge >= 0.3 is 0 Å². The molecule has 3 rings (SSSR count). The minimum absolute atomic E-state index is 0.0255. The molecule has 1 aliphatic heterocycles. The van der Waals surface area contributed by atoms with Gasteiger partial charge in [0, 0.05) is 24.7 Å². The second kappa shape index (κ2) is 6.69. The molecule has 0 spiro atoms. The summed E-state index contributed by atoms with van der Waals surface area (Å²) in [5.74, 6) is 1.05. The number of imidazole rings is 1. The number of fused-ring (bicyclic) bond motifs is 3. The van der Waals surface area contributed by atoms with Crippen molar-refractivity contribution in [2.45, 2.75) is 71.9 Å². The highest BCUT2D eigenvalue weighted by Gasteiger charge is 2.21. The highest BCUT2D eigenvalue weighted by molar-refractivity contribution is 6.04. The number of nitrogens with one attached hydrogen (secondary N) is 1. The van der Waals surface area contributed by atoms with Gasteiger partial charge in [-0.25, -0.2) is 9.97 Å². The average molecular weight is 314 g/mol. The van der Waals surface area contributed by atoms with Gasteiger partial charge in [-0.3, -0.25) is 4.79 Å². The van der Waals surface area contributed by atoms with Crippen molar-refractivity contribution in [3.8, 4) is 0 Å². The van der Waals surface area contributed by atoms with Gasteiger partial charge in [-0.2, -0.15) is 0 Å². The molecule has 1 aliphatic rings. The van der Waals surface area contributed by atoms with Gasteiger partial charge in [-0.05, 0) is 38.7 Å². The zero-order chi connectivity index (χ0) is 16.4. The van der Waals surface area contributed by atoms with E-state index in [0.29, 0.717) is 5.56 Å². The van der Waals surface area contributed by atoms with Crippen LogP contribution in [0, 0.1) is 6.92 Å². The SMILES string of the molecule is CCC(CC)NC(=O)c1cc(C)nc2c1nc1n2CCCCC1. The van der Waals surface area contributed by atoms with E-state index in [1.54, 1.807) is 0 Å². The van der Waals surface area contributed by atoms with Gasteiger partial charge in [0.1, 0.15) is 11.3 Å². The molecule has 1 N–H and O–H groups in total. The second-order valence-corrected chi connectivity index (χ2v) is 6.46. The Balaban J connectivity index is 2.05. The minimum atomic E-state index is -0.0255. The van der Waals surface area contributed by atoms with Gasteiger partial charge in [0.2, 0.25) is 0 Å². The molecule has 0 fully saturated rings. The van der Waals surface area contributed by atoms with Gasteiger partial charge in [-0.15, -0.1) is 0 Å². The Morgan fingerprint density at radius 1 is 1.26 bits per heavy atom. The van der Waals surface area contributed by atoms with Crippen LogP contribution in [0.3, 0.4) is 0 Å². The quantitative estimate of drug-likeness (QED) is 0.941. The van der Waals surface area contributed by atoms with E-state index in [2.05, 4.69) is 28.7 Å². The van der Waals surface area contributed by atoms with E-state index in [1.165, 1.54) is 6.42 Å². The smallest absolute Gasteiger partial charge is 0.253 e. The third-order valence-electron chi connectivity index (χ3n) is 4.76. The molecule has 0 unspecified atom stereocenters. The lowest BCUT2D eigenvalue weighted by Gasteiger charge is -2.15. The maximum atomic E-state index is 12.7. The fraction of sp³-hybridized carbons (Fsp3) is 0.611. The first-order valence-corrected chi connectivity index (χ1v) is 8.81. The number of rotatable bonds is 4. The van der Waals surface area contributed by atoms with Crippen molar-refractivity contribution in [2.24, 2.45) is 0 Å². The van der Waals surface area contributed by atoms with E-state index < -0.39 is 0 Å². The van der Waals surface area contributed by atoms with E-state index in [4.69, 9.17) is 4.98 Å². The van der Waals surface area contributed by atoms with Crippen molar-refractivity contribution in [3.63, 3.8) is 0 Å². The van der Waals surface area contributed by atoms with Gasteiger partial charge in [0.05, 0.1) is 5.56 Å². The topological polar surface area (TPSA) is 59.8 Å². The molecule has 0 bridgehead atoms. The molecule has 5 heteroatoms. The molecule has 23 heavy (non-hydrogen) atoms. The Labute approximate surface area is 137 Å². The molecule has 0 radical (unpaired) electrons. The molecule has 2 aromatic rings. The lowest BCUT2D eigenvalue weighted by atomic mass is 10.1. The van der Waals surface area contributed by atoms with Crippen LogP contribution in [-0.2, 0) is 13.0 Å². The Bertz CT molecular complexity index is 715. The predicted molar refractivity (Wildman–Crippen MR) is 91.7 cm³/mol. The fourth-order valence-electron chi connectivity index (χ4n) is 3.34. The molecule has 0 aliphatic carbocycles. The molecule has 1 amide bonds. The summed E-state index contributed by atoms with van der Waals surface area (Å²) in [4.78, 5) is 22.2. The predicted octanol–water partition coefficient (Wildman–Crippen LogP) is 3.38. The van der Waals surface area contributed by atoms with Crippen LogP contribution in [0.1, 0.15) is 67.8 Å². The summed E-state index contributed by atoms with van der Waals surface area (Å²) in [6.45, 7) is 7.10. The molecule has 3 heterocycles. The van der Waals surface area contributed by atoms with Crippen LogP contribution in [0.4, 0.5) is 0 Å². The number of aromatic nitrogens is 3. The maximum absolute atomic E-state index is 12.7. The largest absolute Gasteiger partial charge is 0.349 e. The van der Waals surface area contributed by atoms with E-state index in [0.717, 1.165) is 61.3 Å². The van der Waals surface area contributed by atoms with Crippen LogP contribution in [0.15, 0.2) is 6.07 Å². The van der Waals surface area contributed by atoms with Crippen LogP contribution >= 0.6 is 0 Å². The summed E-state index contributed by atoms with van der Waals surface area (Å²) in [6, 6.07) is 2.08. The molecule has 0 saturated heterocycles. The van der Waals surface area contributed by atoms with Gasteiger partial charge < -0.3 is 9.88 Å². The molecular formula is C18H26N4O. The molecule has 0 saturated carbocycles. The Hall–Kier alpha value is -1.91. The van der Waals surface area contributed by atoms with Crippen molar-refractivity contribution >= 4 is 17.1 Å². The Morgan fingerprint density at radius 3 is 2.78 bits per heavy atom. The molecule has 0 atom stereocenters. The number of amides is 1. The molecule has 5 nitrogen and oxygen atoms in total. The number of aryl methyl sites for hydroxylation is 3. The lowest BCUT2D eigenvalue weighted by Crippen LogP contribution is -2.34. The van der Waals surface area contributed by atoms with E-state index in [-0.39, 0.29) is 11.9 Å². The first kappa shape index (κ1) is 16.0. The van der Waals surface area contributed by atoms with Crippen molar-refractivity contribution in [1.82, 2.24) is 19.9 Å². The van der Waals surface area contributed by atoms with E-state index in [1.807, 2.05) is 13.0 Å². The third-order valence-corrected chi connectivity index (χ3v) is 4.76.